The first-order chi connectivity index (χ1) is 16.3. The van der Waals surface area contributed by atoms with E-state index in [1.54, 1.807) is 7.11 Å². The average Bonchev–Trinajstić information content (AvgIpc) is 3.40. The Morgan fingerprint density at radius 1 is 1.03 bits per heavy atom. The Kier molecular flexibility index (Phi) is 5.73. The van der Waals surface area contributed by atoms with Gasteiger partial charge in [-0.1, -0.05) is 24.6 Å². The first kappa shape index (κ1) is 20.7. The zero-order chi connectivity index (χ0) is 22.6. The van der Waals surface area contributed by atoms with Crippen LogP contribution >= 0.6 is 0 Å². The SMILES string of the molecule is COc1ccc(-c2nn(-c3ccccc3)cc2/C=C(/C#N)c2nnc3n2CCCCC3)cc1. The number of allylic oxidation sites excluding steroid dienone is 1. The normalized spacial score (nSPS) is 13.8. The van der Waals surface area contributed by atoms with Gasteiger partial charge in [0.05, 0.1) is 24.1 Å². The Labute approximate surface area is 192 Å². The smallest absolute Gasteiger partial charge is 0.174 e. The predicted molar refractivity (Wildman–Crippen MR) is 127 cm³/mol. The van der Waals surface area contributed by atoms with Gasteiger partial charge in [-0.05, 0) is 55.3 Å². The predicted octanol–water partition coefficient (Wildman–Crippen LogP) is 4.93. The van der Waals surface area contributed by atoms with E-state index in [9.17, 15) is 5.26 Å². The van der Waals surface area contributed by atoms with Crippen molar-refractivity contribution < 1.29 is 4.74 Å². The number of nitriles is 1. The maximum Gasteiger partial charge on any atom is 0.174 e. The lowest BCUT2D eigenvalue weighted by molar-refractivity contribution is 0.415. The number of rotatable bonds is 5. The molecule has 1 aliphatic heterocycles. The highest BCUT2D eigenvalue weighted by atomic mass is 16.5. The average molecular weight is 437 g/mol. The van der Waals surface area contributed by atoms with Gasteiger partial charge in [0.1, 0.15) is 17.6 Å². The summed E-state index contributed by atoms with van der Waals surface area (Å²) < 4.78 is 9.24. The van der Waals surface area contributed by atoms with Crippen LogP contribution in [0.4, 0.5) is 0 Å². The third-order valence-corrected chi connectivity index (χ3v) is 5.90. The lowest BCUT2D eigenvalue weighted by Gasteiger charge is -2.06. The maximum atomic E-state index is 10.0. The van der Waals surface area contributed by atoms with Crippen LogP contribution in [-0.2, 0) is 13.0 Å². The van der Waals surface area contributed by atoms with E-state index in [0.29, 0.717) is 11.4 Å². The minimum Gasteiger partial charge on any atom is -0.497 e. The van der Waals surface area contributed by atoms with Crippen LogP contribution in [0.3, 0.4) is 0 Å². The molecule has 3 heterocycles. The van der Waals surface area contributed by atoms with E-state index in [1.165, 1.54) is 6.42 Å². The van der Waals surface area contributed by atoms with Gasteiger partial charge in [-0.15, -0.1) is 10.2 Å². The van der Waals surface area contributed by atoms with Crippen molar-refractivity contribution in [3.8, 4) is 28.8 Å². The van der Waals surface area contributed by atoms with Crippen molar-refractivity contribution in [2.75, 3.05) is 7.11 Å². The fourth-order valence-electron chi connectivity index (χ4n) is 4.17. The van der Waals surface area contributed by atoms with Crippen molar-refractivity contribution in [3.05, 3.63) is 78.0 Å². The van der Waals surface area contributed by atoms with Gasteiger partial charge in [-0.3, -0.25) is 0 Å². The van der Waals surface area contributed by atoms with E-state index in [2.05, 4.69) is 20.8 Å². The molecule has 5 rings (SSSR count). The van der Waals surface area contributed by atoms with Crippen LogP contribution in [0, 0.1) is 11.3 Å². The number of hydrogen-bond donors (Lipinski definition) is 0. The Hall–Kier alpha value is -4.18. The van der Waals surface area contributed by atoms with E-state index < -0.39 is 0 Å². The molecule has 0 N–H and O–H groups in total. The monoisotopic (exact) mass is 436 g/mol. The summed E-state index contributed by atoms with van der Waals surface area (Å²) in [5.41, 5.74) is 3.99. The van der Waals surface area contributed by atoms with Crippen molar-refractivity contribution in [2.45, 2.75) is 32.2 Å². The van der Waals surface area contributed by atoms with Crippen molar-refractivity contribution in [3.63, 3.8) is 0 Å². The number of aryl methyl sites for hydroxylation is 1. The molecular weight excluding hydrogens is 412 g/mol. The number of aromatic nitrogens is 5. The molecule has 4 aromatic rings. The molecular formula is C26H24N6O. The molecule has 2 aromatic heterocycles. The van der Waals surface area contributed by atoms with Crippen molar-refractivity contribution in [1.29, 1.82) is 5.26 Å². The largest absolute Gasteiger partial charge is 0.497 e. The second-order valence-corrected chi connectivity index (χ2v) is 8.01. The van der Waals surface area contributed by atoms with Gasteiger partial charge in [-0.2, -0.15) is 10.4 Å². The van der Waals surface area contributed by atoms with E-state index in [1.807, 2.05) is 71.6 Å². The molecule has 7 heteroatoms. The Balaban J connectivity index is 1.63. The standard InChI is InChI=1S/C26H24N6O/c1-33-23-13-11-19(12-14-23)25-21(18-32(30-25)22-8-4-2-5-9-22)16-20(17-27)26-29-28-24-10-6-3-7-15-31(24)26/h2,4-5,8-9,11-14,16,18H,3,6-7,10,15H2,1H3/b20-16-. The summed E-state index contributed by atoms with van der Waals surface area (Å²) in [6.07, 6.45) is 8.06. The van der Waals surface area contributed by atoms with Crippen LogP contribution in [0.25, 0.3) is 28.6 Å². The molecule has 33 heavy (non-hydrogen) atoms. The van der Waals surface area contributed by atoms with Gasteiger partial charge >= 0.3 is 0 Å². The number of para-hydroxylation sites is 1. The molecule has 0 atom stereocenters. The number of nitrogens with zero attached hydrogens (tertiary/aromatic N) is 6. The second-order valence-electron chi connectivity index (χ2n) is 8.01. The Morgan fingerprint density at radius 2 is 1.85 bits per heavy atom. The zero-order valence-corrected chi connectivity index (χ0v) is 18.5. The van der Waals surface area contributed by atoms with Crippen LogP contribution in [-0.4, -0.2) is 31.7 Å². The second kappa shape index (κ2) is 9.13. The number of benzene rings is 2. The molecule has 0 spiro atoms. The van der Waals surface area contributed by atoms with Gasteiger partial charge in [-0.25, -0.2) is 4.68 Å². The quantitative estimate of drug-likeness (QED) is 0.414. The summed E-state index contributed by atoms with van der Waals surface area (Å²) in [5.74, 6) is 2.36. The molecule has 0 saturated carbocycles. The molecule has 0 fully saturated rings. The summed E-state index contributed by atoms with van der Waals surface area (Å²) in [7, 11) is 1.65. The summed E-state index contributed by atoms with van der Waals surface area (Å²) in [6.45, 7) is 0.839. The summed E-state index contributed by atoms with van der Waals surface area (Å²) >= 11 is 0. The van der Waals surface area contributed by atoms with Crippen molar-refractivity contribution in [1.82, 2.24) is 24.5 Å². The molecule has 0 saturated heterocycles. The van der Waals surface area contributed by atoms with E-state index in [0.717, 1.165) is 59.9 Å². The molecule has 0 radical (unpaired) electrons. The Morgan fingerprint density at radius 3 is 2.61 bits per heavy atom. The molecule has 0 amide bonds. The van der Waals surface area contributed by atoms with Crippen molar-refractivity contribution >= 4 is 11.6 Å². The van der Waals surface area contributed by atoms with Crippen molar-refractivity contribution in [2.24, 2.45) is 0 Å². The fraction of sp³-hybridized carbons (Fsp3) is 0.231. The minimum absolute atomic E-state index is 0.484. The van der Waals surface area contributed by atoms with Crippen LogP contribution in [0.1, 0.15) is 36.5 Å². The molecule has 7 nitrogen and oxygen atoms in total. The van der Waals surface area contributed by atoms with Crippen LogP contribution in [0.15, 0.2) is 60.8 Å². The minimum atomic E-state index is 0.484. The van der Waals surface area contributed by atoms with Gasteiger partial charge < -0.3 is 9.30 Å². The lowest BCUT2D eigenvalue weighted by atomic mass is 10.1. The van der Waals surface area contributed by atoms with Gasteiger partial charge in [0.15, 0.2) is 5.82 Å². The highest BCUT2D eigenvalue weighted by Gasteiger charge is 2.19. The topological polar surface area (TPSA) is 81.6 Å². The number of methoxy groups -OCH3 is 1. The zero-order valence-electron chi connectivity index (χ0n) is 18.5. The maximum absolute atomic E-state index is 10.0. The molecule has 2 aromatic carbocycles. The lowest BCUT2D eigenvalue weighted by Crippen LogP contribution is -2.05. The van der Waals surface area contributed by atoms with Crippen LogP contribution in [0.5, 0.6) is 5.75 Å². The fourth-order valence-corrected chi connectivity index (χ4v) is 4.17. The summed E-state index contributed by atoms with van der Waals surface area (Å²) in [4.78, 5) is 0. The third kappa shape index (κ3) is 4.15. The first-order valence-electron chi connectivity index (χ1n) is 11.1. The van der Waals surface area contributed by atoms with Gasteiger partial charge in [0, 0.05) is 30.3 Å². The van der Waals surface area contributed by atoms with E-state index in [-0.39, 0.29) is 0 Å². The molecule has 0 unspecified atom stereocenters. The number of ether oxygens (including phenoxy) is 1. The van der Waals surface area contributed by atoms with Gasteiger partial charge in [0.25, 0.3) is 0 Å². The van der Waals surface area contributed by atoms with E-state index >= 15 is 0 Å². The summed E-state index contributed by atoms with van der Waals surface area (Å²) in [5, 5.41) is 23.6. The third-order valence-electron chi connectivity index (χ3n) is 5.90. The van der Waals surface area contributed by atoms with Crippen LogP contribution in [0.2, 0.25) is 0 Å². The highest BCUT2D eigenvalue weighted by Crippen LogP contribution is 2.29. The molecule has 1 aliphatic rings. The van der Waals surface area contributed by atoms with Gasteiger partial charge in [0.2, 0.25) is 0 Å². The molecule has 0 bridgehead atoms. The first-order valence-corrected chi connectivity index (χ1v) is 11.1. The molecule has 0 aliphatic carbocycles. The summed E-state index contributed by atoms with van der Waals surface area (Å²) in [6, 6.07) is 20.1. The highest BCUT2D eigenvalue weighted by molar-refractivity contribution is 5.90. The number of hydrogen-bond acceptors (Lipinski definition) is 5. The van der Waals surface area contributed by atoms with E-state index in [4.69, 9.17) is 9.84 Å². The Bertz CT molecular complexity index is 1330. The van der Waals surface area contributed by atoms with Crippen LogP contribution < -0.4 is 4.74 Å². The molecule has 164 valence electrons. The number of fused-ring (bicyclic) bond motifs is 1.